The summed E-state index contributed by atoms with van der Waals surface area (Å²) in [6.45, 7) is 5.31. The van der Waals surface area contributed by atoms with Crippen LogP contribution in [0.5, 0.6) is 0 Å². The molecule has 0 amide bonds. The van der Waals surface area contributed by atoms with Crippen molar-refractivity contribution in [3.63, 3.8) is 0 Å². The number of aromatic nitrogens is 4. The van der Waals surface area contributed by atoms with Crippen molar-refractivity contribution in [1.82, 2.24) is 20.2 Å². The normalized spacial score (nSPS) is 10.8. The standard InChI is InChI=1S/C11H22N4/c1-3-5-7-9-11-12-14-15(13-11)10-8-6-4-2/h3-10H2,1-2H3. The lowest BCUT2D eigenvalue weighted by molar-refractivity contribution is 0.484. The number of rotatable bonds is 8. The van der Waals surface area contributed by atoms with Crippen molar-refractivity contribution in [2.45, 2.75) is 65.3 Å². The largest absolute Gasteiger partial charge is 0.174 e. The van der Waals surface area contributed by atoms with E-state index in [1.165, 1.54) is 32.1 Å². The topological polar surface area (TPSA) is 43.6 Å². The molecule has 0 aliphatic rings. The molecule has 0 bridgehead atoms. The predicted molar refractivity (Wildman–Crippen MR) is 60.6 cm³/mol. The zero-order chi connectivity index (χ0) is 10.9. The third-order valence-electron chi connectivity index (χ3n) is 2.46. The van der Waals surface area contributed by atoms with E-state index in [9.17, 15) is 0 Å². The summed E-state index contributed by atoms with van der Waals surface area (Å²) in [7, 11) is 0. The SMILES string of the molecule is CCCCCc1nnn(CCCCC)n1. The molecule has 0 aliphatic heterocycles. The number of hydrogen-bond acceptors (Lipinski definition) is 3. The average molecular weight is 210 g/mol. The number of aryl methyl sites for hydroxylation is 2. The molecule has 0 saturated heterocycles. The molecule has 0 N–H and O–H groups in total. The summed E-state index contributed by atoms with van der Waals surface area (Å²) in [5.41, 5.74) is 0. The van der Waals surface area contributed by atoms with Gasteiger partial charge in [0.15, 0.2) is 5.82 Å². The maximum absolute atomic E-state index is 4.35. The predicted octanol–water partition coefficient (Wildman–Crippen LogP) is 2.60. The van der Waals surface area contributed by atoms with Gasteiger partial charge in [-0.3, -0.25) is 0 Å². The molecule has 15 heavy (non-hydrogen) atoms. The minimum Gasteiger partial charge on any atom is -0.164 e. The number of hydrogen-bond donors (Lipinski definition) is 0. The average Bonchev–Trinajstić information content (AvgIpc) is 2.67. The summed E-state index contributed by atoms with van der Waals surface area (Å²) in [4.78, 5) is 1.73. The highest BCUT2D eigenvalue weighted by Crippen LogP contribution is 2.01. The van der Waals surface area contributed by atoms with Crippen molar-refractivity contribution in [2.24, 2.45) is 0 Å². The second kappa shape index (κ2) is 7.37. The Morgan fingerprint density at radius 1 is 1.00 bits per heavy atom. The molecule has 0 unspecified atom stereocenters. The first-order chi connectivity index (χ1) is 7.36. The lowest BCUT2D eigenvalue weighted by Gasteiger charge is -1.96. The van der Waals surface area contributed by atoms with Gasteiger partial charge < -0.3 is 0 Å². The van der Waals surface area contributed by atoms with E-state index in [1.807, 2.05) is 0 Å². The highest BCUT2D eigenvalue weighted by molar-refractivity contribution is 4.76. The van der Waals surface area contributed by atoms with Crippen LogP contribution in [-0.2, 0) is 13.0 Å². The summed E-state index contributed by atoms with van der Waals surface area (Å²) < 4.78 is 0. The highest BCUT2D eigenvalue weighted by atomic mass is 15.6. The third kappa shape index (κ3) is 4.91. The molecule has 0 aliphatic carbocycles. The Morgan fingerprint density at radius 2 is 1.73 bits per heavy atom. The van der Waals surface area contributed by atoms with E-state index in [1.54, 1.807) is 4.80 Å². The van der Waals surface area contributed by atoms with Crippen molar-refractivity contribution < 1.29 is 0 Å². The van der Waals surface area contributed by atoms with Gasteiger partial charge in [-0.05, 0) is 18.1 Å². The Balaban J connectivity index is 2.23. The smallest absolute Gasteiger partial charge is 0.164 e. The van der Waals surface area contributed by atoms with Gasteiger partial charge in [-0.1, -0.05) is 39.5 Å². The van der Waals surface area contributed by atoms with Crippen LogP contribution in [0.4, 0.5) is 0 Å². The van der Waals surface area contributed by atoms with Gasteiger partial charge in [0.2, 0.25) is 0 Å². The zero-order valence-corrected chi connectivity index (χ0v) is 9.95. The molecule has 4 nitrogen and oxygen atoms in total. The van der Waals surface area contributed by atoms with E-state index in [4.69, 9.17) is 0 Å². The summed E-state index contributed by atoms with van der Waals surface area (Å²) >= 11 is 0. The van der Waals surface area contributed by atoms with E-state index in [0.717, 1.165) is 25.2 Å². The molecule has 0 fully saturated rings. The fourth-order valence-corrected chi connectivity index (χ4v) is 1.51. The van der Waals surface area contributed by atoms with E-state index < -0.39 is 0 Å². The molecule has 86 valence electrons. The second-order valence-corrected chi connectivity index (χ2v) is 3.97. The van der Waals surface area contributed by atoms with Crippen LogP contribution in [0.1, 0.15) is 58.2 Å². The van der Waals surface area contributed by atoms with Crippen LogP contribution in [0.15, 0.2) is 0 Å². The summed E-state index contributed by atoms with van der Waals surface area (Å²) in [6, 6.07) is 0. The lowest BCUT2D eigenvalue weighted by atomic mass is 10.2. The molecule has 4 heteroatoms. The van der Waals surface area contributed by atoms with E-state index >= 15 is 0 Å². The molecule has 1 rings (SSSR count). The summed E-state index contributed by atoms with van der Waals surface area (Å²) in [5, 5.41) is 12.4. The maximum Gasteiger partial charge on any atom is 0.174 e. The van der Waals surface area contributed by atoms with Gasteiger partial charge in [0, 0.05) is 6.42 Å². The fourth-order valence-electron chi connectivity index (χ4n) is 1.51. The molecule has 0 atom stereocenters. The van der Waals surface area contributed by atoms with E-state index in [2.05, 4.69) is 29.3 Å². The Kier molecular flexibility index (Phi) is 5.97. The number of nitrogens with zero attached hydrogens (tertiary/aromatic N) is 4. The van der Waals surface area contributed by atoms with Crippen molar-refractivity contribution in [3.05, 3.63) is 5.82 Å². The first-order valence-corrected chi connectivity index (χ1v) is 6.13. The summed E-state index contributed by atoms with van der Waals surface area (Å²) in [6.07, 6.45) is 8.28. The molecule has 1 aromatic rings. The Bertz CT molecular complexity index is 232. The highest BCUT2D eigenvalue weighted by Gasteiger charge is 2.01. The maximum atomic E-state index is 4.35. The van der Waals surface area contributed by atoms with Gasteiger partial charge in [-0.2, -0.15) is 4.80 Å². The molecule has 0 saturated carbocycles. The van der Waals surface area contributed by atoms with Crippen molar-refractivity contribution in [3.8, 4) is 0 Å². The first kappa shape index (κ1) is 12.1. The molecule has 0 radical (unpaired) electrons. The van der Waals surface area contributed by atoms with Crippen LogP contribution in [0, 0.1) is 0 Å². The second-order valence-electron chi connectivity index (χ2n) is 3.97. The molecular formula is C11H22N4. The monoisotopic (exact) mass is 210 g/mol. The van der Waals surface area contributed by atoms with Crippen LogP contribution >= 0.6 is 0 Å². The van der Waals surface area contributed by atoms with E-state index in [-0.39, 0.29) is 0 Å². The van der Waals surface area contributed by atoms with Crippen molar-refractivity contribution in [2.75, 3.05) is 0 Å². The molecular weight excluding hydrogens is 188 g/mol. The van der Waals surface area contributed by atoms with Gasteiger partial charge in [-0.25, -0.2) is 0 Å². The van der Waals surface area contributed by atoms with Gasteiger partial charge in [-0.15, -0.1) is 10.2 Å². The Hall–Kier alpha value is -0.930. The Labute approximate surface area is 92.1 Å². The molecule has 1 aromatic heterocycles. The molecule has 0 spiro atoms. The lowest BCUT2D eigenvalue weighted by Crippen LogP contribution is -2.02. The molecule has 0 aromatic carbocycles. The quantitative estimate of drug-likeness (QED) is 0.619. The van der Waals surface area contributed by atoms with Gasteiger partial charge in [0.1, 0.15) is 0 Å². The number of tetrazole rings is 1. The zero-order valence-electron chi connectivity index (χ0n) is 9.95. The summed E-state index contributed by atoms with van der Waals surface area (Å²) in [5.74, 6) is 0.903. The fraction of sp³-hybridized carbons (Fsp3) is 0.909. The number of unbranched alkanes of at least 4 members (excludes halogenated alkanes) is 4. The third-order valence-corrected chi connectivity index (χ3v) is 2.46. The van der Waals surface area contributed by atoms with Crippen molar-refractivity contribution >= 4 is 0 Å². The van der Waals surface area contributed by atoms with Crippen LogP contribution in [0.2, 0.25) is 0 Å². The van der Waals surface area contributed by atoms with Crippen LogP contribution in [0.25, 0.3) is 0 Å². The van der Waals surface area contributed by atoms with Gasteiger partial charge in [0.25, 0.3) is 0 Å². The van der Waals surface area contributed by atoms with Crippen LogP contribution in [0.3, 0.4) is 0 Å². The van der Waals surface area contributed by atoms with Gasteiger partial charge >= 0.3 is 0 Å². The van der Waals surface area contributed by atoms with Gasteiger partial charge in [0.05, 0.1) is 6.54 Å². The van der Waals surface area contributed by atoms with Crippen LogP contribution in [-0.4, -0.2) is 20.2 Å². The minimum atomic E-state index is 0.903. The first-order valence-electron chi connectivity index (χ1n) is 6.13. The van der Waals surface area contributed by atoms with Crippen LogP contribution < -0.4 is 0 Å². The van der Waals surface area contributed by atoms with Crippen molar-refractivity contribution in [1.29, 1.82) is 0 Å². The molecule has 1 heterocycles. The minimum absolute atomic E-state index is 0.903. The Morgan fingerprint density at radius 3 is 2.47 bits per heavy atom. The van der Waals surface area contributed by atoms with E-state index in [0.29, 0.717) is 0 Å².